The maximum absolute atomic E-state index is 11.9. The molecule has 1 radical (unpaired) electrons. The van der Waals surface area contributed by atoms with Crippen LogP contribution in [0.3, 0.4) is 0 Å². The predicted molar refractivity (Wildman–Crippen MR) is 35.9 cm³/mol. The SMILES string of the molecule is [CH2]c1cccc(C(F)(F)F)c1. The minimum Gasteiger partial charge on any atom is -0.166 e. The minimum atomic E-state index is -4.26. The molecule has 0 atom stereocenters. The predicted octanol–water partition coefficient (Wildman–Crippen LogP) is 2.89. The smallest absolute Gasteiger partial charge is 0.166 e. The molecule has 0 heterocycles. The van der Waals surface area contributed by atoms with Gasteiger partial charge < -0.3 is 0 Å². The summed E-state index contributed by atoms with van der Waals surface area (Å²) < 4.78 is 35.8. The molecule has 11 heavy (non-hydrogen) atoms. The number of rotatable bonds is 0. The summed E-state index contributed by atoms with van der Waals surface area (Å²) in [7, 11) is 0. The molecule has 0 N–H and O–H groups in total. The molecule has 0 unspecified atom stereocenters. The Morgan fingerprint density at radius 1 is 1.18 bits per heavy atom. The Hall–Kier alpha value is -0.990. The molecule has 0 aliphatic heterocycles. The van der Waals surface area contributed by atoms with Crippen molar-refractivity contribution in [2.24, 2.45) is 0 Å². The van der Waals surface area contributed by atoms with E-state index in [4.69, 9.17) is 0 Å². The van der Waals surface area contributed by atoms with Gasteiger partial charge in [-0.1, -0.05) is 18.2 Å². The van der Waals surface area contributed by atoms with Crippen LogP contribution >= 0.6 is 0 Å². The third-order valence-corrected chi connectivity index (χ3v) is 1.25. The van der Waals surface area contributed by atoms with Crippen LogP contribution in [0.2, 0.25) is 0 Å². The van der Waals surface area contributed by atoms with Gasteiger partial charge in [0.15, 0.2) is 0 Å². The van der Waals surface area contributed by atoms with Gasteiger partial charge in [-0.3, -0.25) is 0 Å². The normalized spacial score (nSPS) is 11.6. The van der Waals surface area contributed by atoms with E-state index >= 15 is 0 Å². The molecule has 0 bridgehead atoms. The second-order valence-electron chi connectivity index (χ2n) is 2.20. The third-order valence-electron chi connectivity index (χ3n) is 1.25. The van der Waals surface area contributed by atoms with E-state index in [2.05, 4.69) is 6.92 Å². The van der Waals surface area contributed by atoms with Crippen molar-refractivity contribution in [1.82, 2.24) is 0 Å². The zero-order chi connectivity index (χ0) is 8.48. The highest BCUT2D eigenvalue weighted by atomic mass is 19.4. The molecule has 0 aliphatic rings. The van der Waals surface area contributed by atoms with Crippen LogP contribution in [-0.2, 0) is 6.18 Å². The largest absolute Gasteiger partial charge is 0.416 e. The first-order chi connectivity index (χ1) is 5.00. The van der Waals surface area contributed by atoms with Crippen LogP contribution in [0.15, 0.2) is 24.3 Å². The molecule has 0 saturated heterocycles. The fourth-order valence-electron chi connectivity index (χ4n) is 0.748. The van der Waals surface area contributed by atoms with Gasteiger partial charge >= 0.3 is 6.18 Å². The third kappa shape index (κ3) is 1.97. The monoisotopic (exact) mass is 159 g/mol. The number of benzene rings is 1. The highest BCUT2D eigenvalue weighted by Gasteiger charge is 2.29. The fourth-order valence-corrected chi connectivity index (χ4v) is 0.748. The first kappa shape index (κ1) is 8.11. The van der Waals surface area contributed by atoms with E-state index in [1.165, 1.54) is 12.1 Å². The van der Waals surface area contributed by atoms with Crippen molar-refractivity contribution < 1.29 is 13.2 Å². The van der Waals surface area contributed by atoms with E-state index in [1.807, 2.05) is 0 Å². The van der Waals surface area contributed by atoms with E-state index < -0.39 is 11.7 Å². The highest BCUT2D eigenvalue weighted by molar-refractivity contribution is 5.27. The van der Waals surface area contributed by atoms with Gasteiger partial charge in [0.2, 0.25) is 0 Å². The molecule has 0 spiro atoms. The Kier molecular flexibility index (Phi) is 1.89. The molecule has 0 aromatic heterocycles. The van der Waals surface area contributed by atoms with Gasteiger partial charge in [0.1, 0.15) is 0 Å². The zero-order valence-electron chi connectivity index (χ0n) is 5.65. The molecule has 0 nitrogen and oxygen atoms in total. The fraction of sp³-hybridized carbons (Fsp3) is 0.125. The minimum absolute atomic E-state index is 0.375. The molecule has 0 amide bonds. The van der Waals surface area contributed by atoms with Crippen LogP contribution < -0.4 is 0 Å². The zero-order valence-corrected chi connectivity index (χ0v) is 5.65. The average molecular weight is 159 g/mol. The van der Waals surface area contributed by atoms with E-state index in [0.29, 0.717) is 5.56 Å². The lowest BCUT2D eigenvalue weighted by Gasteiger charge is -2.05. The molecule has 0 fully saturated rings. The van der Waals surface area contributed by atoms with Gasteiger partial charge in [-0.25, -0.2) is 0 Å². The lowest BCUT2D eigenvalue weighted by molar-refractivity contribution is -0.137. The summed E-state index contributed by atoms with van der Waals surface area (Å²) in [4.78, 5) is 0. The van der Waals surface area contributed by atoms with Crippen molar-refractivity contribution >= 4 is 0 Å². The van der Waals surface area contributed by atoms with Crippen LogP contribution in [0.4, 0.5) is 13.2 Å². The van der Waals surface area contributed by atoms with Gasteiger partial charge in [-0.05, 0) is 18.6 Å². The Labute approximate surface area is 62.7 Å². The van der Waals surface area contributed by atoms with Gasteiger partial charge in [0.25, 0.3) is 0 Å². The van der Waals surface area contributed by atoms with Crippen LogP contribution in [0, 0.1) is 6.92 Å². The molecular formula is C8H6F3. The second-order valence-corrected chi connectivity index (χ2v) is 2.20. The first-order valence-electron chi connectivity index (χ1n) is 2.99. The quantitative estimate of drug-likeness (QED) is 0.546. The topological polar surface area (TPSA) is 0 Å². The number of hydrogen-bond acceptors (Lipinski definition) is 0. The average Bonchev–Trinajstić information content (AvgIpc) is 1.86. The Morgan fingerprint density at radius 3 is 2.18 bits per heavy atom. The molecular weight excluding hydrogens is 153 g/mol. The molecule has 0 aliphatic carbocycles. The summed E-state index contributed by atoms with van der Waals surface area (Å²) in [6.07, 6.45) is -4.26. The number of hydrogen-bond donors (Lipinski definition) is 0. The summed E-state index contributed by atoms with van der Waals surface area (Å²) in [5, 5.41) is 0. The van der Waals surface area contributed by atoms with Crippen LogP contribution in [0.25, 0.3) is 0 Å². The molecule has 3 heteroatoms. The summed E-state index contributed by atoms with van der Waals surface area (Å²) in [6.45, 7) is 3.39. The van der Waals surface area contributed by atoms with Crippen LogP contribution in [0.1, 0.15) is 11.1 Å². The first-order valence-corrected chi connectivity index (χ1v) is 2.99. The second kappa shape index (κ2) is 2.57. The van der Waals surface area contributed by atoms with E-state index in [0.717, 1.165) is 12.1 Å². The summed E-state index contributed by atoms with van der Waals surface area (Å²) in [5.74, 6) is 0. The maximum atomic E-state index is 11.9. The lowest BCUT2D eigenvalue weighted by Crippen LogP contribution is -2.04. The number of halogens is 3. The molecule has 1 aromatic carbocycles. The summed E-state index contributed by atoms with van der Waals surface area (Å²) in [6, 6.07) is 4.90. The standard InChI is InChI=1S/C8H6F3/c1-6-3-2-4-7(5-6)8(9,10)11/h2-5H,1H2. The lowest BCUT2D eigenvalue weighted by atomic mass is 10.1. The van der Waals surface area contributed by atoms with E-state index in [-0.39, 0.29) is 0 Å². The molecule has 1 aromatic rings. The van der Waals surface area contributed by atoms with E-state index in [9.17, 15) is 13.2 Å². The van der Waals surface area contributed by atoms with Crippen LogP contribution in [0.5, 0.6) is 0 Å². The van der Waals surface area contributed by atoms with Crippen molar-refractivity contribution in [1.29, 1.82) is 0 Å². The Morgan fingerprint density at radius 2 is 1.82 bits per heavy atom. The van der Waals surface area contributed by atoms with Gasteiger partial charge in [0, 0.05) is 0 Å². The molecule has 1 rings (SSSR count). The van der Waals surface area contributed by atoms with Crippen molar-refractivity contribution in [2.75, 3.05) is 0 Å². The Balaban J connectivity index is 3.06. The molecule has 59 valence electrons. The van der Waals surface area contributed by atoms with Gasteiger partial charge in [-0.2, -0.15) is 13.2 Å². The van der Waals surface area contributed by atoms with Crippen LogP contribution in [-0.4, -0.2) is 0 Å². The Bertz CT molecular complexity index is 250. The number of alkyl halides is 3. The summed E-state index contributed by atoms with van der Waals surface area (Å²) >= 11 is 0. The van der Waals surface area contributed by atoms with Crippen molar-refractivity contribution in [3.63, 3.8) is 0 Å². The van der Waals surface area contributed by atoms with E-state index in [1.54, 1.807) is 0 Å². The summed E-state index contributed by atoms with van der Waals surface area (Å²) in [5.41, 5.74) is -0.273. The molecule has 0 saturated carbocycles. The van der Waals surface area contributed by atoms with Crippen molar-refractivity contribution in [2.45, 2.75) is 6.18 Å². The van der Waals surface area contributed by atoms with Gasteiger partial charge in [0.05, 0.1) is 5.56 Å². The van der Waals surface area contributed by atoms with Crippen molar-refractivity contribution in [3.05, 3.63) is 42.3 Å². The highest BCUT2D eigenvalue weighted by Crippen LogP contribution is 2.29. The maximum Gasteiger partial charge on any atom is 0.416 e. The van der Waals surface area contributed by atoms with Gasteiger partial charge in [-0.15, -0.1) is 0 Å². The van der Waals surface area contributed by atoms with Crippen molar-refractivity contribution in [3.8, 4) is 0 Å².